The zero-order valence-electron chi connectivity index (χ0n) is 9.76. The summed E-state index contributed by atoms with van der Waals surface area (Å²) in [7, 11) is 0. The second-order valence-electron chi connectivity index (χ2n) is 4.10. The van der Waals surface area contributed by atoms with E-state index in [1.165, 1.54) is 6.07 Å². The minimum Gasteiger partial charge on any atom is -0.377 e. The number of hydrogen-bond acceptors (Lipinski definition) is 5. The second kappa shape index (κ2) is 5.74. The van der Waals surface area contributed by atoms with E-state index in [2.05, 4.69) is 5.32 Å². The highest BCUT2D eigenvalue weighted by molar-refractivity contribution is 7.99. The summed E-state index contributed by atoms with van der Waals surface area (Å²) in [5, 5.41) is 23.2. The van der Waals surface area contributed by atoms with E-state index in [0.29, 0.717) is 5.69 Å². The van der Waals surface area contributed by atoms with Gasteiger partial charge in [-0.1, -0.05) is 6.07 Å². The van der Waals surface area contributed by atoms with Crippen molar-refractivity contribution in [1.29, 1.82) is 5.26 Å². The molecular formula is C12H13N3O2S. The number of para-hydroxylation sites is 1. The van der Waals surface area contributed by atoms with Crippen LogP contribution in [0.5, 0.6) is 0 Å². The number of nitro groups is 1. The van der Waals surface area contributed by atoms with E-state index < -0.39 is 4.92 Å². The summed E-state index contributed by atoms with van der Waals surface area (Å²) in [5.41, 5.74) is 0.448. The summed E-state index contributed by atoms with van der Waals surface area (Å²) in [5.74, 6) is 2.15. The lowest BCUT2D eigenvalue weighted by Gasteiger charge is -2.23. The zero-order valence-corrected chi connectivity index (χ0v) is 10.6. The summed E-state index contributed by atoms with van der Waals surface area (Å²) < 4.78 is 0. The average molecular weight is 263 g/mol. The molecular weight excluding hydrogens is 250 g/mol. The molecule has 0 aliphatic carbocycles. The van der Waals surface area contributed by atoms with Crippen molar-refractivity contribution in [2.75, 3.05) is 16.8 Å². The Bertz CT molecular complexity index is 493. The Hall–Kier alpha value is -1.74. The molecule has 1 aromatic rings. The second-order valence-corrected chi connectivity index (χ2v) is 5.33. The van der Waals surface area contributed by atoms with Gasteiger partial charge in [0.25, 0.3) is 0 Å². The van der Waals surface area contributed by atoms with Crippen LogP contribution in [0.15, 0.2) is 18.2 Å². The van der Waals surface area contributed by atoms with Crippen LogP contribution in [0.3, 0.4) is 0 Å². The van der Waals surface area contributed by atoms with E-state index in [1.807, 2.05) is 17.8 Å². The third-order valence-electron chi connectivity index (χ3n) is 2.92. The minimum atomic E-state index is -0.488. The van der Waals surface area contributed by atoms with Crippen molar-refractivity contribution in [3.63, 3.8) is 0 Å². The first-order valence-electron chi connectivity index (χ1n) is 5.74. The van der Waals surface area contributed by atoms with Crippen molar-refractivity contribution < 1.29 is 4.92 Å². The molecule has 94 valence electrons. The Morgan fingerprint density at radius 1 is 1.44 bits per heavy atom. The van der Waals surface area contributed by atoms with Crippen molar-refractivity contribution in [3.05, 3.63) is 33.9 Å². The van der Waals surface area contributed by atoms with Crippen molar-refractivity contribution in [2.45, 2.75) is 18.9 Å². The highest BCUT2D eigenvalue weighted by atomic mass is 32.2. The largest absolute Gasteiger partial charge is 0.377 e. The number of nitrogens with zero attached hydrogens (tertiary/aromatic N) is 2. The van der Waals surface area contributed by atoms with E-state index in [4.69, 9.17) is 5.26 Å². The lowest BCUT2D eigenvalue weighted by atomic mass is 10.1. The monoisotopic (exact) mass is 263 g/mol. The third kappa shape index (κ3) is 2.74. The van der Waals surface area contributed by atoms with Crippen LogP contribution >= 0.6 is 11.8 Å². The first-order chi connectivity index (χ1) is 8.72. The topological polar surface area (TPSA) is 79.0 Å². The Labute approximate surface area is 109 Å². The molecule has 0 amide bonds. The molecule has 0 atom stereocenters. The summed E-state index contributed by atoms with van der Waals surface area (Å²) in [6.07, 6.45) is 2.00. The van der Waals surface area contributed by atoms with Gasteiger partial charge in [-0.15, -0.1) is 0 Å². The zero-order chi connectivity index (χ0) is 13.0. The van der Waals surface area contributed by atoms with Crippen LogP contribution in [0.2, 0.25) is 0 Å². The van der Waals surface area contributed by atoms with Crippen LogP contribution in [-0.4, -0.2) is 22.5 Å². The molecule has 1 aromatic carbocycles. The molecule has 1 aliphatic heterocycles. The molecule has 0 saturated carbocycles. The quantitative estimate of drug-likeness (QED) is 0.670. The van der Waals surface area contributed by atoms with Crippen molar-refractivity contribution >= 4 is 23.1 Å². The predicted octanol–water partition coefficient (Wildman–Crippen LogP) is 2.77. The summed E-state index contributed by atoms with van der Waals surface area (Å²) in [6, 6.07) is 6.94. The molecule has 1 N–H and O–H groups in total. The van der Waals surface area contributed by atoms with Crippen molar-refractivity contribution in [1.82, 2.24) is 0 Å². The van der Waals surface area contributed by atoms with E-state index in [9.17, 15) is 10.1 Å². The number of anilines is 1. The number of nitrogens with one attached hydrogen (secondary N) is 1. The number of rotatable bonds is 3. The predicted molar refractivity (Wildman–Crippen MR) is 71.8 cm³/mol. The van der Waals surface area contributed by atoms with Gasteiger partial charge in [-0.2, -0.15) is 17.0 Å². The van der Waals surface area contributed by atoms with Crippen molar-refractivity contribution in [2.24, 2.45) is 0 Å². The normalized spacial score (nSPS) is 15.9. The maximum absolute atomic E-state index is 11.1. The maximum Gasteiger partial charge on any atom is 0.309 e. The lowest BCUT2D eigenvalue weighted by Crippen LogP contribution is -2.25. The van der Waals surface area contributed by atoms with Gasteiger partial charge in [0.1, 0.15) is 17.3 Å². The van der Waals surface area contributed by atoms with Crippen molar-refractivity contribution in [3.8, 4) is 6.07 Å². The fraction of sp³-hybridized carbons (Fsp3) is 0.417. The third-order valence-corrected chi connectivity index (χ3v) is 3.97. The van der Waals surface area contributed by atoms with E-state index in [1.54, 1.807) is 12.1 Å². The van der Waals surface area contributed by atoms with Gasteiger partial charge < -0.3 is 5.32 Å². The van der Waals surface area contributed by atoms with Crippen LogP contribution in [0.4, 0.5) is 11.4 Å². The molecule has 5 nitrogen and oxygen atoms in total. The first kappa shape index (κ1) is 12.7. The summed E-state index contributed by atoms with van der Waals surface area (Å²) in [4.78, 5) is 10.6. The Morgan fingerprint density at radius 3 is 2.78 bits per heavy atom. The highest BCUT2D eigenvalue weighted by Gasteiger charge is 2.22. The number of thioether (sulfide) groups is 1. The molecule has 0 bridgehead atoms. The molecule has 18 heavy (non-hydrogen) atoms. The first-order valence-corrected chi connectivity index (χ1v) is 6.89. The molecule has 6 heteroatoms. The molecule has 0 radical (unpaired) electrons. The summed E-state index contributed by atoms with van der Waals surface area (Å²) in [6.45, 7) is 0. The maximum atomic E-state index is 11.1. The van der Waals surface area contributed by atoms with E-state index in [0.717, 1.165) is 24.3 Å². The van der Waals surface area contributed by atoms with Crippen LogP contribution < -0.4 is 5.32 Å². The molecule has 0 aromatic heterocycles. The van der Waals surface area contributed by atoms with Gasteiger partial charge in [0.05, 0.1) is 4.92 Å². The smallest absolute Gasteiger partial charge is 0.309 e. The molecule has 2 rings (SSSR count). The molecule has 1 saturated heterocycles. The number of hydrogen-bond donors (Lipinski definition) is 1. The van der Waals surface area contributed by atoms with Crippen LogP contribution in [0, 0.1) is 21.4 Å². The fourth-order valence-electron chi connectivity index (χ4n) is 2.01. The van der Waals surface area contributed by atoms with E-state index >= 15 is 0 Å². The SMILES string of the molecule is N#Cc1cccc(NC2CCSCC2)c1[N+](=O)[O-]. The summed E-state index contributed by atoms with van der Waals surface area (Å²) >= 11 is 1.90. The Balaban J connectivity index is 2.26. The fourth-order valence-corrected chi connectivity index (χ4v) is 3.12. The van der Waals surface area contributed by atoms with Gasteiger partial charge in [0.15, 0.2) is 0 Å². The lowest BCUT2D eigenvalue weighted by molar-refractivity contribution is -0.384. The van der Waals surface area contributed by atoms with Crippen LogP contribution in [0.25, 0.3) is 0 Å². The average Bonchev–Trinajstić information content (AvgIpc) is 2.39. The molecule has 0 unspecified atom stereocenters. The van der Waals surface area contributed by atoms with E-state index in [-0.39, 0.29) is 17.3 Å². The van der Waals surface area contributed by atoms with Gasteiger partial charge in [-0.25, -0.2) is 0 Å². The van der Waals surface area contributed by atoms with Gasteiger partial charge in [0.2, 0.25) is 0 Å². The molecule has 1 heterocycles. The number of nitriles is 1. The highest BCUT2D eigenvalue weighted by Crippen LogP contribution is 2.30. The Kier molecular flexibility index (Phi) is 4.05. The van der Waals surface area contributed by atoms with Crippen LogP contribution in [0.1, 0.15) is 18.4 Å². The standard InChI is InChI=1S/C12H13N3O2S/c13-8-9-2-1-3-11(12(9)15(16)17)14-10-4-6-18-7-5-10/h1-3,10,14H,4-7H2. The number of benzene rings is 1. The molecule has 1 fully saturated rings. The molecule has 0 spiro atoms. The minimum absolute atomic E-state index is 0.107. The number of nitro benzene ring substituents is 1. The van der Waals surface area contributed by atoms with Gasteiger partial charge in [-0.3, -0.25) is 10.1 Å². The van der Waals surface area contributed by atoms with Crippen LogP contribution in [-0.2, 0) is 0 Å². The van der Waals surface area contributed by atoms with Gasteiger partial charge in [0, 0.05) is 6.04 Å². The van der Waals surface area contributed by atoms with Gasteiger partial charge >= 0.3 is 5.69 Å². The Morgan fingerprint density at radius 2 is 2.17 bits per heavy atom. The molecule has 1 aliphatic rings. The van der Waals surface area contributed by atoms with Gasteiger partial charge in [-0.05, 0) is 36.5 Å².